The third-order valence-electron chi connectivity index (χ3n) is 3.82. The molecule has 0 saturated heterocycles. The van der Waals surface area contributed by atoms with E-state index in [0.717, 1.165) is 47.8 Å². The Balaban J connectivity index is 1.82. The quantitative estimate of drug-likeness (QED) is 0.611. The molecule has 0 bridgehead atoms. The maximum Gasteiger partial charge on any atom is 0.139 e. The van der Waals surface area contributed by atoms with Gasteiger partial charge in [0.05, 0.1) is 5.56 Å². The largest absolute Gasteiger partial charge is 0.457 e. The Morgan fingerprint density at radius 1 is 0.960 bits per heavy atom. The summed E-state index contributed by atoms with van der Waals surface area (Å²) in [6.07, 6.45) is 3.68. The normalized spacial score (nSPS) is 10.4. The van der Waals surface area contributed by atoms with Crippen LogP contribution in [0, 0.1) is 0 Å². The molecule has 0 spiro atoms. The van der Waals surface area contributed by atoms with Gasteiger partial charge in [-0.15, -0.1) is 0 Å². The Kier molecular flexibility index (Phi) is 5.46. The second-order valence-corrected chi connectivity index (χ2v) is 5.70. The van der Waals surface area contributed by atoms with Gasteiger partial charge in [0, 0.05) is 6.54 Å². The molecule has 0 aliphatic heterocycles. The third kappa shape index (κ3) is 4.26. The minimum Gasteiger partial charge on any atom is -0.457 e. The van der Waals surface area contributed by atoms with Crippen molar-refractivity contribution in [2.24, 2.45) is 0 Å². The van der Waals surface area contributed by atoms with Crippen molar-refractivity contribution in [1.82, 2.24) is 9.97 Å². The van der Waals surface area contributed by atoms with Gasteiger partial charge in [0.25, 0.3) is 0 Å². The molecule has 128 valence electrons. The number of rotatable bonds is 7. The molecule has 0 saturated carbocycles. The maximum absolute atomic E-state index is 6.10. The summed E-state index contributed by atoms with van der Waals surface area (Å²) in [5, 5.41) is 3.35. The van der Waals surface area contributed by atoms with Crippen molar-refractivity contribution in [3.63, 3.8) is 0 Å². The lowest BCUT2D eigenvalue weighted by molar-refractivity contribution is 0.483. The molecule has 3 N–H and O–H groups in total. The van der Waals surface area contributed by atoms with Gasteiger partial charge in [-0.2, -0.15) is 0 Å². The van der Waals surface area contributed by atoms with Crippen molar-refractivity contribution < 1.29 is 4.74 Å². The second-order valence-electron chi connectivity index (χ2n) is 5.70. The van der Waals surface area contributed by atoms with Gasteiger partial charge < -0.3 is 15.8 Å². The fourth-order valence-corrected chi connectivity index (χ4v) is 2.52. The van der Waals surface area contributed by atoms with Crippen LogP contribution in [0.1, 0.15) is 19.8 Å². The van der Waals surface area contributed by atoms with Crippen molar-refractivity contribution in [1.29, 1.82) is 0 Å². The number of benzene rings is 2. The van der Waals surface area contributed by atoms with Crippen molar-refractivity contribution >= 4 is 11.6 Å². The molecular formula is C20H22N4O. The van der Waals surface area contributed by atoms with E-state index in [9.17, 15) is 0 Å². The molecule has 5 nitrogen and oxygen atoms in total. The number of anilines is 2. The molecular weight excluding hydrogens is 312 g/mol. The number of nitrogens with one attached hydrogen (secondary N) is 1. The van der Waals surface area contributed by atoms with Gasteiger partial charge in [0.15, 0.2) is 0 Å². The van der Waals surface area contributed by atoms with E-state index in [-0.39, 0.29) is 0 Å². The minimum absolute atomic E-state index is 0.464. The number of unbranched alkanes of at least 4 members (excludes halogenated alkanes) is 1. The fraction of sp³-hybridized carbons (Fsp3) is 0.200. The summed E-state index contributed by atoms with van der Waals surface area (Å²) in [5.41, 5.74) is 7.88. The van der Waals surface area contributed by atoms with Crippen LogP contribution in [0.2, 0.25) is 0 Å². The van der Waals surface area contributed by atoms with E-state index in [4.69, 9.17) is 10.5 Å². The second kappa shape index (κ2) is 8.15. The summed E-state index contributed by atoms with van der Waals surface area (Å²) < 4.78 is 5.83. The fourth-order valence-electron chi connectivity index (χ4n) is 2.52. The van der Waals surface area contributed by atoms with E-state index in [1.54, 1.807) is 0 Å². The number of para-hydroxylation sites is 1. The Hall–Kier alpha value is -3.08. The molecule has 0 unspecified atom stereocenters. The zero-order valence-electron chi connectivity index (χ0n) is 14.3. The Bertz CT molecular complexity index is 804. The number of hydrogen-bond acceptors (Lipinski definition) is 5. The Morgan fingerprint density at radius 2 is 1.68 bits per heavy atom. The van der Waals surface area contributed by atoms with Gasteiger partial charge in [-0.3, -0.25) is 0 Å². The van der Waals surface area contributed by atoms with Crippen molar-refractivity contribution in [2.75, 3.05) is 17.6 Å². The summed E-state index contributed by atoms with van der Waals surface area (Å²) in [7, 11) is 0. The van der Waals surface area contributed by atoms with Crippen LogP contribution in [0.15, 0.2) is 60.9 Å². The number of ether oxygens (including phenoxy) is 1. The van der Waals surface area contributed by atoms with Crippen LogP contribution in [-0.2, 0) is 0 Å². The number of nitrogens with zero attached hydrogens (tertiary/aromatic N) is 2. The van der Waals surface area contributed by atoms with E-state index >= 15 is 0 Å². The lowest BCUT2D eigenvalue weighted by Gasteiger charge is -2.13. The SMILES string of the molecule is CCCCNc1ncnc(N)c1-c1ccc(Oc2ccccc2)cc1. The zero-order chi connectivity index (χ0) is 17.5. The lowest BCUT2D eigenvalue weighted by Crippen LogP contribution is -2.07. The highest BCUT2D eigenvalue weighted by molar-refractivity contribution is 5.83. The van der Waals surface area contributed by atoms with Crippen LogP contribution in [0.25, 0.3) is 11.1 Å². The lowest BCUT2D eigenvalue weighted by atomic mass is 10.1. The monoisotopic (exact) mass is 334 g/mol. The van der Waals surface area contributed by atoms with Crippen molar-refractivity contribution in [3.8, 4) is 22.6 Å². The molecule has 2 aromatic carbocycles. The summed E-state index contributed by atoms with van der Waals surface area (Å²) in [6, 6.07) is 17.5. The Labute approximate surface area is 147 Å². The van der Waals surface area contributed by atoms with E-state index in [1.807, 2.05) is 54.6 Å². The highest BCUT2D eigenvalue weighted by atomic mass is 16.5. The molecule has 0 radical (unpaired) electrons. The molecule has 1 aromatic heterocycles. The van der Waals surface area contributed by atoms with Crippen LogP contribution < -0.4 is 15.8 Å². The van der Waals surface area contributed by atoms with Crippen LogP contribution in [0.3, 0.4) is 0 Å². The first-order valence-corrected chi connectivity index (χ1v) is 8.45. The average molecular weight is 334 g/mol. The van der Waals surface area contributed by atoms with Gasteiger partial charge >= 0.3 is 0 Å². The van der Waals surface area contributed by atoms with Crippen LogP contribution in [0.4, 0.5) is 11.6 Å². The molecule has 25 heavy (non-hydrogen) atoms. The van der Waals surface area contributed by atoms with Crippen LogP contribution in [0.5, 0.6) is 11.5 Å². The van der Waals surface area contributed by atoms with Gasteiger partial charge in [-0.1, -0.05) is 43.7 Å². The van der Waals surface area contributed by atoms with Gasteiger partial charge in [0.1, 0.15) is 29.5 Å². The van der Waals surface area contributed by atoms with E-state index < -0.39 is 0 Å². The molecule has 3 rings (SSSR count). The zero-order valence-corrected chi connectivity index (χ0v) is 14.3. The first-order valence-electron chi connectivity index (χ1n) is 8.45. The minimum atomic E-state index is 0.464. The molecule has 5 heteroatoms. The predicted octanol–water partition coefficient (Wildman–Crippen LogP) is 4.73. The van der Waals surface area contributed by atoms with E-state index in [1.165, 1.54) is 6.33 Å². The molecule has 0 fully saturated rings. The molecule has 0 amide bonds. The third-order valence-corrected chi connectivity index (χ3v) is 3.82. The van der Waals surface area contributed by atoms with Gasteiger partial charge in [0.2, 0.25) is 0 Å². The molecule has 0 aliphatic rings. The van der Waals surface area contributed by atoms with Crippen molar-refractivity contribution in [2.45, 2.75) is 19.8 Å². The van der Waals surface area contributed by atoms with Gasteiger partial charge in [-0.25, -0.2) is 9.97 Å². The summed E-state index contributed by atoms with van der Waals surface area (Å²) >= 11 is 0. The van der Waals surface area contributed by atoms with Gasteiger partial charge in [-0.05, 0) is 36.2 Å². The molecule has 0 aliphatic carbocycles. The molecule has 1 heterocycles. The van der Waals surface area contributed by atoms with Crippen LogP contribution >= 0.6 is 0 Å². The summed E-state index contributed by atoms with van der Waals surface area (Å²) in [5.74, 6) is 2.80. The first-order chi connectivity index (χ1) is 12.3. The van der Waals surface area contributed by atoms with E-state index in [0.29, 0.717) is 5.82 Å². The number of aromatic nitrogens is 2. The maximum atomic E-state index is 6.10. The number of hydrogen-bond donors (Lipinski definition) is 2. The molecule has 0 atom stereocenters. The highest BCUT2D eigenvalue weighted by Crippen LogP contribution is 2.32. The number of nitrogens with two attached hydrogens (primary N) is 1. The van der Waals surface area contributed by atoms with E-state index in [2.05, 4.69) is 22.2 Å². The first kappa shape index (κ1) is 16.8. The Morgan fingerprint density at radius 3 is 2.40 bits per heavy atom. The standard InChI is InChI=1S/C20H22N4O/c1-2-3-13-22-20-18(19(21)23-14-24-20)15-9-11-17(12-10-15)25-16-7-5-4-6-8-16/h4-12,14H,2-3,13H2,1H3,(H3,21,22,23,24). The van der Waals surface area contributed by atoms with Crippen LogP contribution in [-0.4, -0.2) is 16.5 Å². The number of nitrogen functional groups attached to an aromatic ring is 1. The highest BCUT2D eigenvalue weighted by Gasteiger charge is 2.11. The summed E-state index contributed by atoms with van der Waals surface area (Å²) in [6.45, 7) is 3.01. The smallest absolute Gasteiger partial charge is 0.139 e. The molecule has 3 aromatic rings. The predicted molar refractivity (Wildman–Crippen MR) is 102 cm³/mol. The summed E-state index contributed by atoms with van der Waals surface area (Å²) in [4.78, 5) is 8.47. The van der Waals surface area contributed by atoms with Crippen molar-refractivity contribution in [3.05, 3.63) is 60.9 Å². The average Bonchev–Trinajstić information content (AvgIpc) is 2.64. The topological polar surface area (TPSA) is 73.1 Å².